The summed E-state index contributed by atoms with van der Waals surface area (Å²) in [4.78, 5) is 0. The van der Waals surface area contributed by atoms with E-state index in [1.165, 1.54) is 32.1 Å². The highest BCUT2D eigenvalue weighted by Crippen LogP contribution is 2.42. The van der Waals surface area contributed by atoms with Crippen LogP contribution < -0.4 is 5.32 Å². The van der Waals surface area contributed by atoms with E-state index in [0.717, 1.165) is 23.7 Å². The van der Waals surface area contributed by atoms with Gasteiger partial charge in [0.25, 0.3) is 0 Å². The van der Waals surface area contributed by atoms with Crippen molar-refractivity contribution in [3.63, 3.8) is 0 Å². The van der Waals surface area contributed by atoms with Gasteiger partial charge in [-0.25, -0.2) is 0 Å². The molecule has 0 aromatic rings. The maximum absolute atomic E-state index is 5.45. The van der Waals surface area contributed by atoms with Crippen molar-refractivity contribution >= 4 is 11.8 Å². The molecular formula is C14H27NOS. The first kappa shape index (κ1) is 13.7. The summed E-state index contributed by atoms with van der Waals surface area (Å²) in [5.41, 5.74) is 0.454. The average molecular weight is 257 g/mol. The molecule has 0 bridgehead atoms. The lowest BCUT2D eigenvalue weighted by atomic mass is 9.73. The number of thioether (sulfide) groups is 1. The smallest absolute Gasteiger partial charge is 0.0476 e. The first-order valence-corrected chi connectivity index (χ1v) is 7.98. The Balaban J connectivity index is 1.93. The second-order valence-corrected chi connectivity index (χ2v) is 7.68. The molecule has 17 heavy (non-hydrogen) atoms. The van der Waals surface area contributed by atoms with Crippen molar-refractivity contribution in [3.8, 4) is 0 Å². The van der Waals surface area contributed by atoms with Gasteiger partial charge in [-0.3, -0.25) is 0 Å². The van der Waals surface area contributed by atoms with Gasteiger partial charge in [0.1, 0.15) is 0 Å². The summed E-state index contributed by atoms with van der Waals surface area (Å²) in [5, 5.41) is 5.21. The Bertz CT molecular complexity index is 238. The average Bonchev–Trinajstić information content (AvgIpc) is 2.29. The molecule has 0 amide bonds. The molecule has 1 aliphatic carbocycles. The minimum atomic E-state index is 0.454. The second-order valence-electron chi connectivity index (χ2n) is 6.13. The molecule has 100 valence electrons. The highest BCUT2D eigenvalue weighted by atomic mass is 32.2. The van der Waals surface area contributed by atoms with Crippen LogP contribution in [-0.2, 0) is 4.74 Å². The highest BCUT2D eigenvalue weighted by Gasteiger charge is 2.39. The van der Waals surface area contributed by atoms with Gasteiger partial charge < -0.3 is 10.1 Å². The van der Waals surface area contributed by atoms with Crippen LogP contribution in [0.2, 0.25) is 0 Å². The molecule has 2 unspecified atom stereocenters. The quantitative estimate of drug-likeness (QED) is 0.839. The molecule has 0 aromatic heterocycles. The van der Waals surface area contributed by atoms with Crippen LogP contribution in [0.15, 0.2) is 0 Å². The summed E-state index contributed by atoms with van der Waals surface area (Å²) in [6.45, 7) is 6.78. The molecule has 3 heteroatoms. The summed E-state index contributed by atoms with van der Waals surface area (Å²) in [6.07, 6.45) is 6.64. The molecule has 2 aliphatic rings. The number of hydrogen-bond acceptors (Lipinski definition) is 3. The van der Waals surface area contributed by atoms with Crippen LogP contribution in [0.5, 0.6) is 0 Å². The van der Waals surface area contributed by atoms with E-state index in [0.29, 0.717) is 11.5 Å². The Kier molecular flexibility index (Phi) is 4.79. The third-order valence-corrected chi connectivity index (χ3v) is 6.08. The monoisotopic (exact) mass is 257 g/mol. The predicted molar refractivity (Wildman–Crippen MR) is 75.7 cm³/mol. The zero-order valence-corrected chi connectivity index (χ0v) is 12.3. The molecule has 2 rings (SSSR count). The first-order valence-electron chi connectivity index (χ1n) is 7.04. The van der Waals surface area contributed by atoms with Gasteiger partial charge in [0.05, 0.1) is 0 Å². The molecule has 2 fully saturated rings. The molecule has 1 aliphatic heterocycles. The number of nitrogens with one attached hydrogen (secondary N) is 1. The molecule has 1 heterocycles. The van der Waals surface area contributed by atoms with Gasteiger partial charge in [0.2, 0.25) is 0 Å². The van der Waals surface area contributed by atoms with Crippen LogP contribution in [0.25, 0.3) is 0 Å². The summed E-state index contributed by atoms with van der Waals surface area (Å²) in [6, 6.07) is 0.670. The Labute approximate surface area is 110 Å². The van der Waals surface area contributed by atoms with Crippen molar-refractivity contribution in [2.24, 2.45) is 5.41 Å². The first-order chi connectivity index (χ1) is 8.13. The predicted octanol–water partition coefficient (Wildman–Crippen LogP) is 3.07. The number of hydrogen-bond donors (Lipinski definition) is 1. The third-order valence-electron chi connectivity index (χ3n) is 4.37. The lowest BCUT2D eigenvalue weighted by molar-refractivity contribution is 0.0995. The summed E-state index contributed by atoms with van der Waals surface area (Å²) in [5.74, 6) is 0. The van der Waals surface area contributed by atoms with Crippen LogP contribution in [-0.4, -0.2) is 36.8 Å². The molecule has 0 aromatic carbocycles. The largest absolute Gasteiger partial charge is 0.381 e. The van der Waals surface area contributed by atoms with E-state index in [2.05, 4.69) is 38.0 Å². The standard InChI is InChI=1S/C14H27NOS/c1-14(2)8-4-5-12(13(14)15-3)17-11-6-9-16-10-7-11/h11-13,15H,4-10H2,1-3H3. The summed E-state index contributed by atoms with van der Waals surface area (Å²) in [7, 11) is 2.13. The minimum absolute atomic E-state index is 0.454. The fourth-order valence-corrected chi connectivity index (χ4v) is 5.29. The van der Waals surface area contributed by atoms with Crippen LogP contribution in [0.4, 0.5) is 0 Å². The lowest BCUT2D eigenvalue weighted by Gasteiger charge is -2.45. The van der Waals surface area contributed by atoms with Crippen LogP contribution in [0, 0.1) is 5.41 Å². The van der Waals surface area contributed by atoms with E-state index >= 15 is 0 Å². The van der Waals surface area contributed by atoms with E-state index in [1.807, 2.05) is 0 Å². The molecule has 1 saturated carbocycles. The number of rotatable bonds is 3. The molecule has 0 spiro atoms. The summed E-state index contributed by atoms with van der Waals surface area (Å²) >= 11 is 2.23. The second kappa shape index (κ2) is 5.94. The molecule has 0 radical (unpaired) electrons. The van der Waals surface area contributed by atoms with Gasteiger partial charge in [-0.1, -0.05) is 20.3 Å². The Hall–Kier alpha value is 0.270. The fraction of sp³-hybridized carbons (Fsp3) is 1.00. The third kappa shape index (κ3) is 3.39. The fourth-order valence-electron chi connectivity index (χ4n) is 3.37. The van der Waals surface area contributed by atoms with Gasteiger partial charge in [-0.2, -0.15) is 11.8 Å². The molecule has 2 nitrogen and oxygen atoms in total. The van der Waals surface area contributed by atoms with Crippen molar-refractivity contribution in [2.45, 2.75) is 62.5 Å². The SMILES string of the molecule is CNC1C(SC2CCOCC2)CCCC1(C)C. The van der Waals surface area contributed by atoms with E-state index in [9.17, 15) is 0 Å². The zero-order chi connectivity index (χ0) is 12.3. The number of ether oxygens (including phenoxy) is 1. The van der Waals surface area contributed by atoms with Gasteiger partial charge >= 0.3 is 0 Å². The van der Waals surface area contributed by atoms with Crippen LogP contribution in [0.1, 0.15) is 46.0 Å². The molecule has 1 saturated heterocycles. The van der Waals surface area contributed by atoms with Gasteiger partial charge in [0, 0.05) is 29.8 Å². The van der Waals surface area contributed by atoms with Gasteiger partial charge in [-0.15, -0.1) is 0 Å². The minimum Gasteiger partial charge on any atom is -0.381 e. The zero-order valence-electron chi connectivity index (χ0n) is 11.5. The topological polar surface area (TPSA) is 21.3 Å². The van der Waals surface area contributed by atoms with E-state index in [1.54, 1.807) is 0 Å². The van der Waals surface area contributed by atoms with E-state index in [-0.39, 0.29) is 0 Å². The van der Waals surface area contributed by atoms with Crippen molar-refractivity contribution in [1.82, 2.24) is 5.32 Å². The summed E-state index contributed by atoms with van der Waals surface area (Å²) < 4.78 is 5.45. The highest BCUT2D eigenvalue weighted by molar-refractivity contribution is 8.00. The van der Waals surface area contributed by atoms with E-state index < -0.39 is 0 Å². The maximum Gasteiger partial charge on any atom is 0.0476 e. The molecule has 1 N–H and O–H groups in total. The van der Waals surface area contributed by atoms with Crippen molar-refractivity contribution in [2.75, 3.05) is 20.3 Å². The Morgan fingerprint density at radius 2 is 1.88 bits per heavy atom. The molecule has 2 atom stereocenters. The maximum atomic E-state index is 5.45. The molecular weight excluding hydrogens is 230 g/mol. The van der Waals surface area contributed by atoms with Gasteiger partial charge in [0.15, 0.2) is 0 Å². The van der Waals surface area contributed by atoms with Crippen molar-refractivity contribution < 1.29 is 4.74 Å². The van der Waals surface area contributed by atoms with Crippen molar-refractivity contribution in [3.05, 3.63) is 0 Å². The van der Waals surface area contributed by atoms with Crippen LogP contribution in [0.3, 0.4) is 0 Å². The Morgan fingerprint density at radius 3 is 2.53 bits per heavy atom. The normalized spacial score (nSPS) is 34.8. The lowest BCUT2D eigenvalue weighted by Crippen LogP contribution is -2.50. The Morgan fingerprint density at radius 1 is 1.18 bits per heavy atom. The van der Waals surface area contributed by atoms with E-state index in [4.69, 9.17) is 4.74 Å². The van der Waals surface area contributed by atoms with Crippen LogP contribution >= 0.6 is 11.8 Å². The van der Waals surface area contributed by atoms with Crippen molar-refractivity contribution in [1.29, 1.82) is 0 Å². The van der Waals surface area contributed by atoms with Gasteiger partial charge in [-0.05, 0) is 38.1 Å².